The lowest BCUT2D eigenvalue weighted by Gasteiger charge is -2.12. The van der Waals surface area contributed by atoms with E-state index in [1.165, 1.54) is 24.3 Å². The highest BCUT2D eigenvalue weighted by Gasteiger charge is 2.36. The summed E-state index contributed by atoms with van der Waals surface area (Å²) < 4.78 is 39.3. The van der Waals surface area contributed by atoms with E-state index in [1.807, 2.05) is 0 Å². The van der Waals surface area contributed by atoms with Crippen LogP contribution in [0.15, 0.2) is 23.1 Å². The predicted molar refractivity (Wildman–Crippen MR) is 93.6 cm³/mol. The van der Waals surface area contributed by atoms with Gasteiger partial charge >= 0.3 is 12.6 Å². The number of alkyl halides is 2. The number of esters is 1. The van der Waals surface area contributed by atoms with E-state index in [0.29, 0.717) is 17.3 Å². The first-order valence-corrected chi connectivity index (χ1v) is 8.80. The Hall–Kier alpha value is -2.62. The van der Waals surface area contributed by atoms with E-state index in [2.05, 4.69) is 4.74 Å². The van der Waals surface area contributed by atoms with Crippen LogP contribution < -0.4 is 9.47 Å². The average molecular weight is 401 g/mol. The number of nitrogens with zero attached hydrogens (tertiary/aromatic N) is 1. The van der Waals surface area contributed by atoms with Crippen LogP contribution in [0.2, 0.25) is 0 Å². The number of amides is 2. The van der Waals surface area contributed by atoms with Crippen molar-refractivity contribution < 1.29 is 37.4 Å². The van der Waals surface area contributed by atoms with Gasteiger partial charge in [-0.2, -0.15) is 8.78 Å². The highest BCUT2D eigenvalue weighted by atomic mass is 32.2. The van der Waals surface area contributed by atoms with Crippen LogP contribution in [0.3, 0.4) is 0 Å². The number of hydrogen-bond donors (Lipinski definition) is 0. The molecule has 0 atom stereocenters. The molecule has 1 heterocycles. The van der Waals surface area contributed by atoms with E-state index in [0.717, 1.165) is 4.90 Å². The van der Waals surface area contributed by atoms with Crippen LogP contribution in [0.5, 0.6) is 11.5 Å². The Kier molecular flexibility index (Phi) is 7.17. The van der Waals surface area contributed by atoms with Gasteiger partial charge in [0.05, 0.1) is 18.1 Å². The van der Waals surface area contributed by atoms with Crippen molar-refractivity contribution in [1.82, 2.24) is 4.90 Å². The van der Waals surface area contributed by atoms with E-state index in [-0.39, 0.29) is 29.6 Å². The van der Waals surface area contributed by atoms with Crippen molar-refractivity contribution in [2.24, 2.45) is 0 Å². The Labute approximate surface area is 158 Å². The predicted octanol–water partition coefficient (Wildman–Crippen LogP) is 3.29. The standard InChI is InChI=1S/C17H17F2NO6S/c1-3-24-12-7-10(5-6-11(12)26-16(18)19)8-13-15(22)20(17(23)27-13)9-14(21)25-4-2/h5-8,16H,3-4,9H2,1-2H3/b13-8-. The zero-order chi connectivity index (χ0) is 20.0. The molecule has 0 aromatic heterocycles. The number of hydrogen-bond acceptors (Lipinski definition) is 7. The number of carbonyl (C=O) groups is 3. The molecule has 2 amide bonds. The zero-order valence-corrected chi connectivity index (χ0v) is 15.4. The Balaban J connectivity index is 2.22. The van der Waals surface area contributed by atoms with Crippen LogP contribution in [0, 0.1) is 0 Å². The lowest BCUT2D eigenvalue weighted by Crippen LogP contribution is -2.34. The topological polar surface area (TPSA) is 82.1 Å². The molecule has 7 nitrogen and oxygen atoms in total. The molecule has 1 aliphatic rings. The first-order chi connectivity index (χ1) is 12.8. The third-order valence-corrected chi connectivity index (χ3v) is 4.15. The first-order valence-electron chi connectivity index (χ1n) is 7.98. The number of imide groups is 1. The van der Waals surface area contributed by atoms with E-state index >= 15 is 0 Å². The van der Waals surface area contributed by atoms with Crippen molar-refractivity contribution in [2.45, 2.75) is 20.5 Å². The average Bonchev–Trinajstić information content (AvgIpc) is 2.85. The highest BCUT2D eigenvalue weighted by Crippen LogP contribution is 2.35. The third kappa shape index (κ3) is 5.43. The van der Waals surface area contributed by atoms with Crippen LogP contribution in [-0.2, 0) is 14.3 Å². The summed E-state index contributed by atoms with van der Waals surface area (Å²) in [4.78, 5) is 36.7. The first kappa shape index (κ1) is 20.7. The maximum atomic E-state index is 12.4. The lowest BCUT2D eigenvalue weighted by molar-refractivity contribution is -0.145. The lowest BCUT2D eigenvalue weighted by atomic mass is 10.2. The number of halogens is 2. The van der Waals surface area contributed by atoms with Crippen LogP contribution in [0.4, 0.5) is 13.6 Å². The zero-order valence-electron chi connectivity index (χ0n) is 14.6. The highest BCUT2D eigenvalue weighted by molar-refractivity contribution is 8.18. The van der Waals surface area contributed by atoms with Gasteiger partial charge in [-0.3, -0.25) is 19.3 Å². The molecule has 0 unspecified atom stereocenters. The molecule has 0 N–H and O–H groups in total. The quantitative estimate of drug-likeness (QED) is 0.488. The summed E-state index contributed by atoms with van der Waals surface area (Å²) in [7, 11) is 0. The molecule has 1 aromatic rings. The molecule has 0 aliphatic carbocycles. The maximum absolute atomic E-state index is 12.4. The summed E-state index contributed by atoms with van der Waals surface area (Å²) >= 11 is 0.669. The van der Waals surface area contributed by atoms with Crippen molar-refractivity contribution in [3.63, 3.8) is 0 Å². The summed E-state index contributed by atoms with van der Waals surface area (Å²) in [5.74, 6) is -1.38. The van der Waals surface area contributed by atoms with Gasteiger partial charge in [0.1, 0.15) is 6.54 Å². The molecule has 146 valence electrons. The normalized spacial score (nSPS) is 15.6. The summed E-state index contributed by atoms with van der Waals surface area (Å²) in [6.07, 6.45) is 1.41. The molecule has 0 spiro atoms. The van der Waals surface area contributed by atoms with E-state index in [9.17, 15) is 23.2 Å². The minimum atomic E-state index is -3.01. The largest absolute Gasteiger partial charge is 0.490 e. The fraction of sp³-hybridized carbons (Fsp3) is 0.353. The van der Waals surface area contributed by atoms with Crippen molar-refractivity contribution in [3.8, 4) is 11.5 Å². The van der Waals surface area contributed by atoms with Crippen LogP contribution in [0.1, 0.15) is 19.4 Å². The van der Waals surface area contributed by atoms with Crippen molar-refractivity contribution in [3.05, 3.63) is 28.7 Å². The summed E-state index contributed by atoms with van der Waals surface area (Å²) in [5.41, 5.74) is 0.446. The van der Waals surface area contributed by atoms with Crippen molar-refractivity contribution in [2.75, 3.05) is 19.8 Å². The molecule has 1 aromatic carbocycles. The molecule has 27 heavy (non-hydrogen) atoms. The van der Waals surface area contributed by atoms with Crippen LogP contribution >= 0.6 is 11.8 Å². The Morgan fingerprint density at radius 3 is 2.59 bits per heavy atom. The summed E-state index contributed by atoms with van der Waals surface area (Å²) in [6.45, 7) is 0.176. The van der Waals surface area contributed by atoms with Gasteiger partial charge in [0, 0.05) is 0 Å². The molecular formula is C17H17F2NO6S. The van der Waals surface area contributed by atoms with E-state index in [4.69, 9.17) is 9.47 Å². The van der Waals surface area contributed by atoms with E-state index in [1.54, 1.807) is 13.8 Å². The minimum Gasteiger partial charge on any atom is -0.490 e. The Morgan fingerprint density at radius 1 is 1.22 bits per heavy atom. The smallest absolute Gasteiger partial charge is 0.387 e. The molecule has 0 radical (unpaired) electrons. The van der Waals surface area contributed by atoms with E-state index < -0.39 is 30.3 Å². The molecule has 0 saturated carbocycles. The molecular weight excluding hydrogens is 384 g/mol. The minimum absolute atomic E-state index is 0.0808. The van der Waals surface area contributed by atoms with Gasteiger partial charge in [0.25, 0.3) is 11.1 Å². The number of benzene rings is 1. The van der Waals surface area contributed by atoms with Gasteiger partial charge in [-0.05, 0) is 49.4 Å². The van der Waals surface area contributed by atoms with Crippen LogP contribution in [0.25, 0.3) is 6.08 Å². The number of carbonyl (C=O) groups excluding carboxylic acids is 3. The van der Waals surface area contributed by atoms with Gasteiger partial charge in [0.15, 0.2) is 11.5 Å². The van der Waals surface area contributed by atoms with Crippen LogP contribution in [-0.4, -0.2) is 48.4 Å². The number of ether oxygens (including phenoxy) is 3. The molecule has 1 saturated heterocycles. The second kappa shape index (κ2) is 9.36. The third-order valence-electron chi connectivity index (χ3n) is 3.25. The van der Waals surface area contributed by atoms with Gasteiger partial charge in [0.2, 0.25) is 0 Å². The van der Waals surface area contributed by atoms with Gasteiger partial charge in [-0.25, -0.2) is 0 Å². The number of thioether (sulfide) groups is 1. The molecule has 10 heteroatoms. The summed E-state index contributed by atoms with van der Waals surface area (Å²) in [5, 5.41) is -0.595. The Morgan fingerprint density at radius 2 is 1.96 bits per heavy atom. The van der Waals surface area contributed by atoms with Gasteiger partial charge in [-0.15, -0.1) is 0 Å². The maximum Gasteiger partial charge on any atom is 0.387 e. The number of rotatable bonds is 8. The fourth-order valence-corrected chi connectivity index (χ4v) is 3.04. The molecule has 2 rings (SSSR count). The Bertz CT molecular complexity index is 768. The SMILES string of the molecule is CCOC(=O)CN1C(=O)S/C(=C\c2ccc(OC(F)F)c(OCC)c2)C1=O. The van der Waals surface area contributed by atoms with Crippen molar-refractivity contribution >= 4 is 35.0 Å². The summed E-state index contributed by atoms with van der Waals surface area (Å²) in [6, 6.07) is 4.14. The van der Waals surface area contributed by atoms with Crippen molar-refractivity contribution in [1.29, 1.82) is 0 Å². The fourth-order valence-electron chi connectivity index (χ4n) is 2.20. The second-order valence-electron chi connectivity index (χ2n) is 5.09. The molecule has 1 fully saturated rings. The second-order valence-corrected chi connectivity index (χ2v) is 6.08. The molecule has 0 bridgehead atoms. The monoisotopic (exact) mass is 401 g/mol. The van der Waals surface area contributed by atoms with Gasteiger partial charge < -0.3 is 14.2 Å². The van der Waals surface area contributed by atoms with Gasteiger partial charge in [-0.1, -0.05) is 6.07 Å². The molecule has 1 aliphatic heterocycles.